The fourth-order valence-corrected chi connectivity index (χ4v) is 2.06. The number of rotatable bonds is 3. The quantitative estimate of drug-likeness (QED) is 0.774. The van der Waals surface area contributed by atoms with E-state index in [2.05, 4.69) is 12.2 Å². The predicted molar refractivity (Wildman–Crippen MR) is 67.0 cm³/mol. The maximum Gasteiger partial charge on any atom is 0.223 e. The summed E-state index contributed by atoms with van der Waals surface area (Å²) in [6, 6.07) is -0.0287. The van der Waals surface area contributed by atoms with Gasteiger partial charge in [-0.25, -0.2) is 0 Å². The van der Waals surface area contributed by atoms with Crippen LogP contribution in [-0.4, -0.2) is 17.5 Å². The van der Waals surface area contributed by atoms with Crippen LogP contribution in [-0.2, 0) is 4.79 Å². The van der Waals surface area contributed by atoms with Crippen molar-refractivity contribution in [3.63, 3.8) is 0 Å². The normalized spacial score (nSPS) is 28.6. The van der Waals surface area contributed by atoms with Crippen LogP contribution in [0.3, 0.4) is 0 Å². The molecule has 1 amide bonds. The molecule has 0 radical (unpaired) electrons. The average Bonchev–Trinajstić information content (AvgIpc) is 2.17. The topological polar surface area (TPSA) is 55.1 Å². The van der Waals surface area contributed by atoms with Crippen molar-refractivity contribution in [1.29, 1.82) is 0 Å². The van der Waals surface area contributed by atoms with Crippen LogP contribution < -0.4 is 11.1 Å². The minimum atomic E-state index is -0.305. The molecule has 0 aromatic carbocycles. The van der Waals surface area contributed by atoms with Crippen LogP contribution in [0.15, 0.2) is 0 Å². The minimum Gasteiger partial charge on any atom is -0.349 e. The van der Waals surface area contributed by atoms with Crippen molar-refractivity contribution < 1.29 is 4.79 Å². The van der Waals surface area contributed by atoms with E-state index < -0.39 is 0 Å². The molecule has 0 heterocycles. The zero-order valence-electron chi connectivity index (χ0n) is 11.0. The highest BCUT2D eigenvalue weighted by molar-refractivity contribution is 5.79. The third kappa shape index (κ3) is 3.48. The smallest absolute Gasteiger partial charge is 0.223 e. The molecule has 1 aliphatic carbocycles. The van der Waals surface area contributed by atoms with E-state index in [1.807, 2.05) is 20.8 Å². The third-order valence-corrected chi connectivity index (χ3v) is 3.97. The lowest BCUT2D eigenvalue weighted by atomic mass is 9.82. The van der Waals surface area contributed by atoms with Crippen molar-refractivity contribution >= 4 is 5.91 Å². The molecule has 0 aromatic heterocycles. The average molecular weight is 226 g/mol. The van der Waals surface area contributed by atoms with Gasteiger partial charge in [-0.15, -0.1) is 0 Å². The van der Waals surface area contributed by atoms with E-state index in [0.717, 1.165) is 18.8 Å². The monoisotopic (exact) mass is 226 g/mol. The van der Waals surface area contributed by atoms with Crippen molar-refractivity contribution in [1.82, 2.24) is 5.32 Å². The van der Waals surface area contributed by atoms with Crippen LogP contribution in [0.4, 0.5) is 0 Å². The summed E-state index contributed by atoms with van der Waals surface area (Å²) in [5, 5.41) is 3.08. The Labute approximate surface area is 99.2 Å². The molecule has 16 heavy (non-hydrogen) atoms. The molecule has 0 spiro atoms. The summed E-state index contributed by atoms with van der Waals surface area (Å²) in [5.74, 6) is 1.17. The minimum absolute atomic E-state index is 0.0287. The number of amides is 1. The van der Waals surface area contributed by atoms with E-state index in [1.165, 1.54) is 12.8 Å². The first-order valence-electron chi connectivity index (χ1n) is 6.40. The number of carbonyl (C=O) groups excluding carboxylic acids is 1. The first kappa shape index (κ1) is 13.5. The molecule has 1 rings (SSSR count). The summed E-state index contributed by atoms with van der Waals surface area (Å²) in [5.41, 5.74) is 5.55. The number of carbonyl (C=O) groups is 1. The Bertz CT molecular complexity index is 240. The Morgan fingerprint density at radius 1 is 1.31 bits per heavy atom. The zero-order valence-corrected chi connectivity index (χ0v) is 11.0. The van der Waals surface area contributed by atoms with Crippen LogP contribution >= 0.6 is 0 Å². The Morgan fingerprint density at radius 3 is 2.25 bits per heavy atom. The lowest BCUT2D eigenvalue weighted by Gasteiger charge is -2.33. The molecular formula is C13H26N2O. The van der Waals surface area contributed by atoms with E-state index in [1.54, 1.807) is 0 Å². The molecule has 0 aliphatic heterocycles. The van der Waals surface area contributed by atoms with Gasteiger partial charge >= 0.3 is 0 Å². The molecule has 1 aliphatic rings. The van der Waals surface area contributed by atoms with Gasteiger partial charge in [-0.2, -0.15) is 0 Å². The van der Waals surface area contributed by atoms with Gasteiger partial charge in [-0.05, 0) is 52.4 Å². The van der Waals surface area contributed by atoms with E-state index in [0.29, 0.717) is 0 Å². The molecule has 1 unspecified atom stereocenters. The van der Waals surface area contributed by atoms with Gasteiger partial charge < -0.3 is 11.1 Å². The van der Waals surface area contributed by atoms with Crippen LogP contribution in [0.5, 0.6) is 0 Å². The van der Waals surface area contributed by atoms with Gasteiger partial charge in [-0.3, -0.25) is 4.79 Å². The van der Waals surface area contributed by atoms with Gasteiger partial charge in [0.2, 0.25) is 5.91 Å². The summed E-state index contributed by atoms with van der Waals surface area (Å²) < 4.78 is 0. The first-order valence-corrected chi connectivity index (χ1v) is 6.40. The molecule has 3 nitrogen and oxygen atoms in total. The second-order valence-corrected chi connectivity index (χ2v) is 5.96. The van der Waals surface area contributed by atoms with Gasteiger partial charge in [-0.1, -0.05) is 6.92 Å². The van der Waals surface area contributed by atoms with Gasteiger partial charge in [0.15, 0.2) is 0 Å². The molecule has 0 saturated heterocycles. The molecule has 1 atom stereocenters. The highest BCUT2D eigenvalue weighted by Crippen LogP contribution is 2.28. The van der Waals surface area contributed by atoms with Crippen LogP contribution in [0.2, 0.25) is 0 Å². The summed E-state index contributed by atoms with van der Waals surface area (Å²) >= 11 is 0. The predicted octanol–water partition coefficient (Wildman–Crippen LogP) is 2.05. The Morgan fingerprint density at radius 2 is 1.81 bits per heavy atom. The fourth-order valence-electron chi connectivity index (χ4n) is 2.06. The van der Waals surface area contributed by atoms with Crippen LogP contribution in [0, 0.1) is 11.8 Å². The lowest BCUT2D eigenvalue weighted by Crippen LogP contribution is -2.56. The van der Waals surface area contributed by atoms with Crippen molar-refractivity contribution in [3.8, 4) is 0 Å². The zero-order chi connectivity index (χ0) is 12.3. The van der Waals surface area contributed by atoms with E-state index in [-0.39, 0.29) is 23.4 Å². The standard InChI is InChI=1S/C13H26N2O/c1-9-5-7-11(8-6-9)12(16)15-13(3,4)10(2)14/h9-11H,5-8,14H2,1-4H3,(H,15,16). The van der Waals surface area contributed by atoms with E-state index >= 15 is 0 Å². The highest BCUT2D eigenvalue weighted by Gasteiger charge is 2.30. The molecule has 0 aromatic rings. The van der Waals surface area contributed by atoms with Crippen LogP contribution in [0.1, 0.15) is 53.4 Å². The fraction of sp³-hybridized carbons (Fsp3) is 0.923. The molecule has 1 fully saturated rings. The van der Waals surface area contributed by atoms with Crippen LogP contribution in [0.25, 0.3) is 0 Å². The number of nitrogens with one attached hydrogen (secondary N) is 1. The summed E-state index contributed by atoms with van der Waals surface area (Å²) in [4.78, 5) is 12.1. The van der Waals surface area contributed by atoms with Gasteiger partial charge in [0.25, 0.3) is 0 Å². The Hall–Kier alpha value is -0.570. The van der Waals surface area contributed by atoms with Crippen molar-refractivity contribution in [2.45, 2.75) is 65.0 Å². The van der Waals surface area contributed by atoms with Gasteiger partial charge in [0, 0.05) is 17.5 Å². The lowest BCUT2D eigenvalue weighted by molar-refractivity contribution is -0.128. The molecule has 3 heteroatoms. The van der Waals surface area contributed by atoms with Gasteiger partial charge in [0.1, 0.15) is 0 Å². The van der Waals surface area contributed by atoms with Gasteiger partial charge in [0.05, 0.1) is 0 Å². The second-order valence-electron chi connectivity index (χ2n) is 5.96. The molecule has 3 N–H and O–H groups in total. The Kier molecular flexibility index (Phi) is 4.36. The summed E-state index contributed by atoms with van der Waals surface area (Å²) in [7, 11) is 0. The molecule has 1 saturated carbocycles. The maximum absolute atomic E-state index is 12.1. The number of hydrogen-bond acceptors (Lipinski definition) is 2. The van der Waals surface area contributed by atoms with Crippen molar-refractivity contribution in [3.05, 3.63) is 0 Å². The molecular weight excluding hydrogens is 200 g/mol. The van der Waals surface area contributed by atoms with E-state index in [4.69, 9.17) is 5.73 Å². The maximum atomic E-state index is 12.1. The second kappa shape index (κ2) is 5.17. The first-order chi connectivity index (χ1) is 7.33. The molecule has 94 valence electrons. The SMILES string of the molecule is CC1CCC(C(=O)NC(C)(C)C(C)N)CC1. The number of hydrogen-bond donors (Lipinski definition) is 2. The van der Waals surface area contributed by atoms with E-state index in [9.17, 15) is 4.79 Å². The summed E-state index contributed by atoms with van der Waals surface area (Å²) in [6.07, 6.45) is 4.41. The highest BCUT2D eigenvalue weighted by atomic mass is 16.2. The largest absolute Gasteiger partial charge is 0.349 e. The summed E-state index contributed by atoms with van der Waals surface area (Å²) in [6.45, 7) is 8.17. The number of nitrogens with two attached hydrogens (primary N) is 1. The Balaban J connectivity index is 2.46. The van der Waals surface area contributed by atoms with Crippen molar-refractivity contribution in [2.75, 3.05) is 0 Å². The molecule has 0 bridgehead atoms. The third-order valence-electron chi connectivity index (χ3n) is 3.97. The van der Waals surface area contributed by atoms with Crippen molar-refractivity contribution in [2.24, 2.45) is 17.6 Å².